The van der Waals surface area contributed by atoms with Crippen LogP contribution in [0.3, 0.4) is 0 Å². The van der Waals surface area contributed by atoms with Gasteiger partial charge in [0.25, 0.3) is 5.56 Å². The predicted molar refractivity (Wildman–Crippen MR) is 91.4 cm³/mol. The van der Waals surface area contributed by atoms with Gasteiger partial charge in [0.15, 0.2) is 5.56 Å². The number of methoxy groups -OCH3 is 1. The smallest absolute Gasteiger partial charge is 0.347 e. The van der Waals surface area contributed by atoms with Crippen LogP contribution < -0.4 is 5.56 Å². The number of carbonyl (C=O) groups excluding carboxylic acids is 1. The molecule has 0 aliphatic carbocycles. The van der Waals surface area contributed by atoms with Crippen LogP contribution in [0.4, 0.5) is 0 Å². The number of hydrogen-bond acceptors (Lipinski definition) is 4. The van der Waals surface area contributed by atoms with E-state index in [4.69, 9.17) is 0 Å². The topological polar surface area (TPSA) is 84.3 Å². The minimum atomic E-state index is -0.854. The zero-order chi connectivity index (χ0) is 17.4. The van der Waals surface area contributed by atoms with E-state index >= 15 is 0 Å². The molecule has 3 aromatic rings. The molecule has 124 valence electrons. The zero-order valence-electron chi connectivity index (χ0n) is 13.7. The van der Waals surface area contributed by atoms with Gasteiger partial charge >= 0.3 is 5.97 Å². The van der Waals surface area contributed by atoms with Crippen molar-refractivity contribution >= 4 is 16.9 Å². The van der Waals surface area contributed by atoms with Crippen LogP contribution in [0.1, 0.15) is 22.8 Å². The van der Waals surface area contributed by atoms with Crippen LogP contribution in [0.2, 0.25) is 0 Å². The molecular formula is C18H18N2O4. The molecule has 0 fully saturated rings. The minimum Gasteiger partial charge on any atom is -0.506 e. The molecule has 0 aliphatic rings. The Hall–Kier alpha value is -3.02. The van der Waals surface area contributed by atoms with Crippen LogP contribution in [0, 0.1) is 0 Å². The maximum atomic E-state index is 12.3. The van der Waals surface area contributed by atoms with E-state index in [0.717, 1.165) is 16.5 Å². The van der Waals surface area contributed by atoms with Crippen molar-refractivity contribution in [1.82, 2.24) is 9.55 Å². The van der Waals surface area contributed by atoms with Gasteiger partial charge in [-0.1, -0.05) is 19.1 Å². The first-order valence-electron chi connectivity index (χ1n) is 7.59. The molecular weight excluding hydrogens is 308 g/mol. The number of ether oxygens (including phenoxy) is 1. The van der Waals surface area contributed by atoms with Crippen LogP contribution in [-0.2, 0) is 18.2 Å². The summed E-state index contributed by atoms with van der Waals surface area (Å²) in [5.74, 6) is -1.18. The van der Waals surface area contributed by atoms with Gasteiger partial charge in [0.1, 0.15) is 5.75 Å². The Balaban J connectivity index is 2.28. The Kier molecular flexibility index (Phi) is 3.89. The van der Waals surface area contributed by atoms with E-state index in [1.165, 1.54) is 7.11 Å². The van der Waals surface area contributed by atoms with Gasteiger partial charge in [0.05, 0.1) is 12.8 Å². The van der Waals surface area contributed by atoms with Crippen LogP contribution >= 0.6 is 0 Å². The number of carbonyl (C=O) groups is 1. The number of H-pyrrole nitrogens is 1. The van der Waals surface area contributed by atoms with Crippen molar-refractivity contribution in [1.29, 1.82) is 0 Å². The summed E-state index contributed by atoms with van der Waals surface area (Å²) < 4.78 is 6.56. The molecule has 24 heavy (non-hydrogen) atoms. The lowest BCUT2D eigenvalue weighted by molar-refractivity contribution is 0.0595. The number of rotatable bonds is 3. The molecule has 0 atom stereocenters. The molecule has 2 aromatic heterocycles. The number of nitrogens with one attached hydrogen (secondary N) is 1. The number of pyridine rings is 1. The monoisotopic (exact) mass is 326 g/mol. The maximum Gasteiger partial charge on any atom is 0.347 e. The first kappa shape index (κ1) is 15.9. The normalized spacial score (nSPS) is 11.0. The van der Waals surface area contributed by atoms with Crippen LogP contribution in [0.15, 0.2) is 35.3 Å². The minimum absolute atomic E-state index is 0.324. The number of hydrogen-bond donors (Lipinski definition) is 2. The van der Waals surface area contributed by atoms with Crippen LogP contribution in [0.25, 0.3) is 22.2 Å². The first-order chi connectivity index (χ1) is 11.5. The number of fused-ring (bicyclic) bond motifs is 1. The Morgan fingerprint density at radius 2 is 2.08 bits per heavy atom. The summed E-state index contributed by atoms with van der Waals surface area (Å²) in [7, 11) is 3.11. The summed E-state index contributed by atoms with van der Waals surface area (Å²) in [6, 6.07) is 7.77. The van der Waals surface area contributed by atoms with Crippen molar-refractivity contribution in [2.45, 2.75) is 13.3 Å². The molecule has 0 saturated carbocycles. The molecule has 6 heteroatoms. The average Bonchev–Trinajstić information content (AvgIpc) is 2.94. The van der Waals surface area contributed by atoms with Gasteiger partial charge in [-0.3, -0.25) is 4.79 Å². The van der Waals surface area contributed by atoms with Crippen molar-refractivity contribution in [3.05, 3.63) is 51.9 Å². The number of aryl methyl sites for hydroxylation is 1. The van der Waals surface area contributed by atoms with E-state index in [2.05, 4.69) is 9.72 Å². The lowest BCUT2D eigenvalue weighted by Gasteiger charge is -2.13. The summed E-state index contributed by atoms with van der Waals surface area (Å²) in [4.78, 5) is 26.7. The molecule has 0 bridgehead atoms. The van der Waals surface area contributed by atoms with Gasteiger partial charge in [-0.15, -0.1) is 0 Å². The van der Waals surface area contributed by atoms with Gasteiger partial charge in [-0.2, -0.15) is 0 Å². The summed E-state index contributed by atoms with van der Waals surface area (Å²) in [5, 5.41) is 11.5. The standard InChI is InChI=1S/C18H18N2O4/c1-4-12-15(19-17(22)14(16(12)21)18(23)24-3)11-6-5-10-7-8-20(2)13(10)9-11/h5-9H,4H2,1-3H3,(H2,19,21,22). The predicted octanol–water partition coefficient (Wildman–Crippen LogP) is 2.59. The molecule has 2 N–H and O–H groups in total. The second kappa shape index (κ2) is 5.88. The van der Waals surface area contributed by atoms with E-state index in [9.17, 15) is 14.7 Å². The maximum absolute atomic E-state index is 12.3. The average molecular weight is 326 g/mol. The van der Waals surface area contributed by atoms with Gasteiger partial charge in [0.2, 0.25) is 0 Å². The lowest BCUT2D eigenvalue weighted by Crippen LogP contribution is -2.21. The third kappa shape index (κ3) is 2.36. The molecule has 0 saturated heterocycles. The number of aromatic nitrogens is 2. The van der Waals surface area contributed by atoms with Gasteiger partial charge in [-0.05, 0) is 23.9 Å². The number of aromatic hydroxyl groups is 1. The van der Waals surface area contributed by atoms with Crippen molar-refractivity contribution in [3.63, 3.8) is 0 Å². The molecule has 0 spiro atoms. The number of aromatic amines is 1. The van der Waals surface area contributed by atoms with Crippen molar-refractivity contribution in [3.8, 4) is 17.0 Å². The van der Waals surface area contributed by atoms with Gasteiger partial charge < -0.3 is 19.4 Å². The number of esters is 1. The molecule has 6 nitrogen and oxygen atoms in total. The second-order valence-corrected chi connectivity index (χ2v) is 5.58. The second-order valence-electron chi connectivity index (χ2n) is 5.58. The third-order valence-corrected chi connectivity index (χ3v) is 4.21. The number of nitrogens with zero attached hydrogens (tertiary/aromatic N) is 1. The summed E-state index contributed by atoms with van der Waals surface area (Å²) in [5.41, 5.74) is 1.76. The highest BCUT2D eigenvalue weighted by Gasteiger charge is 2.23. The summed E-state index contributed by atoms with van der Waals surface area (Å²) >= 11 is 0. The highest BCUT2D eigenvalue weighted by Crippen LogP contribution is 2.31. The van der Waals surface area contributed by atoms with Gasteiger partial charge in [0, 0.05) is 29.9 Å². The summed E-state index contributed by atoms with van der Waals surface area (Å²) in [6.07, 6.45) is 2.41. The molecule has 1 aromatic carbocycles. The SMILES string of the molecule is CCc1c(-c2ccc3ccn(C)c3c2)[nH]c(=O)c(C(=O)OC)c1O. The van der Waals surface area contributed by atoms with E-state index in [1.54, 1.807) is 0 Å². The zero-order valence-corrected chi connectivity index (χ0v) is 13.7. The lowest BCUT2D eigenvalue weighted by atomic mass is 10.00. The molecule has 0 unspecified atom stereocenters. The molecule has 0 aliphatic heterocycles. The fourth-order valence-electron chi connectivity index (χ4n) is 2.93. The van der Waals surface area contributed by atoms with Gasteiger partial charge in [-0.25, -0.2) is 4.79 Å². The van der Waals surface area contributed by atoms with Crippen molar-refractivity contribution < 1.29 is 14.6 Å². The third-order valence-electron chi connectivity index (χ3n) is 4.21. The fourth-order valence-corrected chi connectivity index (χ4v) is 2.93. The van der Waals surface area contributed by atoms with E-state index in [1.807, 2.05) is 49.0 Å². The Bertz CT molecular complexity index is 998. The Labute approximate surface area is 138 Å². The van der Waals surface area contributed by atoms with Crippen molar-refractivity contribution in [2.24, 2.45) is 7.05 Å². The van der Waals surface area contributed by atoms with Crippen LogP contribution in [-0.4, -0.2) is 27.7 Å². The Morgan fingerprint density at radius 3 is 2.75 bits per heavy atom. The first-order valence-corrected chi connectivity index (χ1v) is 7.59. The number of benzene rings is 1. The van der Waals surface area contributed by atoms with E-state index in [-0.39, 0.29) is 11.3 Å². The fraction of sp³-hybridized carbons (Fsp3) is 0.222. The molecule has 0 amide bonds. The largest absolute Gasteiger partial charge is 0.506 e. The van der Waals surface area contributed by atoms with E-state index in [0.29, 0.717) is 17.7 Å². The molecule has 2 heterocycles. The molecule has 3 rings (SSSR count). The van der Waals surface area contributed by atoms with Crippen molar-refractivity contribution in [2.75, 3.05) is 7.11 Å². The van der Waals surface area contributed by atoms with E-state index < -0.39 is 11.5 Å². The summed E-state index contributed by atoms with van der Waals surface area (Å²) in [6.45, 7) is 1.85. The highest BCUT2D eigenvalue weighted by atomic mass is 16.5. The highest BCUT2D eigenvalue weighted by molar-refractivity contribution is 5.94. The quantitative estimate of drug-likeness (QED) is 0.725. The Morgan fingerprint density at radius 1 is 1.33 bits per heavy atom. The van der Waals surface area contributed by atoms with Crippen LogP contribution in [0.5, 0.6) is 5.75 Å². The molecule has 0 radical (unpaired) electrons.